The minimum atomic E-state index is -0.977. The number of ether oxygens (including phenoxy) is 3. The Bertz CT molecular complexity index is 951. The number of carbonyl (C=O) groups excluding carboxylic acids is 3. The lowest BCUT2D eigenvalue weighted by Crippen LogP contribution is -2.54. The zero-order valence-electron chi connectivity index (χ0n) is 19.1. The normalized spacial score (nSPS) is 12.4. The third kappa shape index (κ3) is 7.98. The van der Waals surface area contributed by atoms with Crippen molar-refractivity contribution in [3.8, 4) is 5.75 Å². The predicted octanol–water partition coefficient (Wildman–Crippen LogP) is 3.50. The van der Waals surface area contributed by atoms with Crippen molar-refractivity contribution < 1.29 is 28.6 Å². The van der Waals surface area contributed by atoms with Gasteiger partial charge in [0, 0.05) is 6.42 Å². The number of hydrogen-bond donors (Lipinski definition) is 2. The molecule has 33 heavy (non-hydrogen) atoms. The molecular formula is C24H29ClN2O6. The molecule has 0 saturated heterocycles. The van der Waals surface area contributed by atoms with E-state index in [-0.39, 0.29) is 18.9 Å². The first-order chi connectivity index (χ1) is 15.7. The monoisotopic (exact) mass is 476 g/mol. The second kappa shape index (κ2) is 12.7. The molecule has 2 rings (SSSR count). The number of nitrogens with one attached hydrogen (secondary N) is 2. The van der Waals surface area contributed by atoms with Crippen LogP contribution in [0, 0.1) is 5.92 Å². The van der Waals surface area contributed by atoms with Gasteiger partial charge in [0.25, 0.3) is 0 Å². The van der Waals surface area contributed by atoms with Gasteiger partial charge in [-0.15, -0.1) is 0 Å². The molecule has 0 aliphatic heterocycles. The Morgan fingerprint density at radius 3 is 2.24 bits per heavy atom. The molecule has 0 radical (unpaired) electrons. The smallest absolute Gasteiger partial charge is 0.408 e. The summed E-state index contributed by atoms with van der Waals surface area (Å²) in [5.41, 5.74) is 1.52. The highest BCUT2D eigenvalue weighted by Crippen LogP contribution is 2.25. The molecule has 0 spiro atoms. The predicted molar refractivity (Wildman–Crippen MR) is 124 cm³/mol. The molecule has 0 saturated carbocycles. The fourth-order valence-corrected chi connectivity index (χ4v) is 3.38. The van der Waals surface area contributed by atoms with E-state index in [0.717, 1.165) is 5.56 Å². The molecule has 2 aromatic carbocycles. The van der Waals surface area contributed by atoms with Crippen LogP contribution in [0.2, 0.25) is 5.02 Å². The van der Waals surface area contributed by atoms with E-state index in [1.165, 1.54) is 14.2 Å². The first kappa shape index (κ1) is 26.0. The standard InChI is InChI=1S/C24H29ClN2O6/c1-15(2)21(27-24(30)33-14-16-8-6-5-7-9-16)22(28)26-19(23(29)32-4)13-17-10-11-20(31-3)18(25)12-17/h5-12,15,19,21H,13-14H2,1-4H3,(H,26,28)(H,27,30)/t19-,21+/m1/s1. The van der Waals surface area contributed by atoms with Gasteiger partial charge in [0.2, 0.25) is 5.91 Å². The SMILES string of the molecule is COC(=O)[C@@H](Cc1ccc(OC)c(Cl)c1)NC(=O)[C@@H](NC(=O)OCc1ccccc1)C(C)C. The first-order valence-corrected chi connectivity index (χ1v) is 10.8. The van der Waals surface area contributed by atoms with Crippen LogP contribution in [0.25, 0.3) is 0 Å². The van der Waals surface area contributed by atoms with Gasteiger partial charge >= 0.3 is 12.1 Å². The number of rotatable bonds is 10. The van der Waals surface area contributed by atoms with E-state index in [4.69, 9.17) is 25.8 Å². The van der Waals surface area contributed by atoms with Crippen molar-refractivity contribution in [2.45, 2.75) is 39.0 Å². The van der Waals surface area contributed by atoms with Crippen molar-refractivity contribution >= 4 is 29.6 Å². The Morgan fingerprint density at radius 1 is 0.970 bits per heavy atom. The molecule has 9 heteroatoms. The third-order valence-corrected chi connectivity index (χ3v) is 5.19. The Labute approximate surface area is 198 Å². The molecule has 2 N–H and O–H groups in total. The number of carbonyl (C=O) groups is 3. The Balaban J connectivity index is 2.05. The molecular weight excluding hydrogens is 448 g/mol. The topological polar surface area (TPSA) is 103 Å². The van der Waals surface area contributed by atoms with E-state index in [9.17, 15) is 14.4 Å². The van der Waals surface area contributed by atoms with Gasteiger partial charge in [0.1, 0.15) is 24.4 Å². The van der Waals surface area contributed by atoms with Crippen LogP contribution >= 0.6 is 11.6 Å². The van der Waals surface area contributed by atoms with Gasteiger partial charge in [-0.25, -0.2) is 9.59 Å². The first-order valence-electron chi connectivity index (χ1n) is 10.4. The van der Waals surface area contributed by atoms with Gasteiger partial charge in [-0.2, -0.15) is 0 Å². The van der Waals surface area contributed by atoms with Crippen molar-refractivity contribution in [1.82, 2.24) is 10.6 Å². The number of halogens is 1. The summed E-state index contributed by atoms with van der Waals surface area (Å²) >= 11 is 6.17. The summed E-state index contributed by atoms with van der Waals surface area (Å²) < 4.78 is 15.2. The van der Waals surface area contributed by atoms with E-state index < -0.39 is 30.1 Å². The largest absolute Gasteiger partial charge is 0.495 e. The summed E-state index contributed by atoms with van der Waals surface area (Å²) in [6, 6.07) is 12.4. The van der Waals surface area contributed by atoms with Crippen molar-refractivity contribution in [3.05, 3.63) is 64.7 Å². The fourth-order valence-electron chi connectivity index (χ4n) is 3.10. The molecule has 0 unspecified atom stereocenters. The number of amides is 2. The quantitative estimate of drug-likeness (QED) is 0.509. The summed E-state index contributed by atoms with van der Waals surface area (Å²) in [5, 5.41) is 5.62. The summed E-state index contributed by atoms with van der Waals surface area (Å²) in [6.07, 6.45) is -0.588. The Hall–Kier alpha value is -3.26. The van der Waals surface area contributed by atoms with E-state index in [1.807, 2.05) is 30.3 Å². The maximum absolute atomic E-state index is 12.9. The lowest BCUT2D eigenvalue weighted by atomic mass is 10.0. The number of alkyl carbamates (subject to hydrolysis) is 1. The van der Waals surface area contributed by atoms with Crippen LogP contribution in [0.1, 0.15) is 25.0 Å². The van der Waals surface area contributed by atoms with Gasteiger partial charge in [-0.3, -0.25) is 4.79 Å². The van der Waals surface area contributed by atoms with E-state index >= 15 is 0 Å². The zero-order valence-corrected chi connectivity index (χ0v) is 19.8. The van der Waals surface area contributed by atoms with E-state index in [2.05, 4.69) is 10.6 Å². The highest BCUT2D eigenvalue weighted by Gasteiger charge is 2.30. The highest BCUT2D eigenvalue weighted by atomic mass is 35.5. The molecule has 2 amide bonds. The molecule has 0 heterocycles. The molecule has 0 aliphatic carbocycles. The van der Waals surface area contributed by atoms with Crippen molar-refractivity contribution in [2.75, 3.05) is 14.2 Å². The van der Waals surface area contributed by atoms with Gasteiger partial charge in [0.15, 0.2) is 0 Å². The molecule has 0 aromatic heterocycles. The van der Waals surface area contributed by atoms with Crippen LogP contribution in [0.5, 0.6) is 5.75 Å². The average Bonchev–Trinajstić information content (AvgIpc) is 2.80. The van der Waals surface area contributed by atoms with Gasteiger partial charge in [0.05, 0.1) is 19.2 Å². The lowest BCUT2D eigenvalue weighted by Gasteiger charge is -2.24. The summed E-state index contributed by atoms with van der Waals surface area (Å²) in [6.45, 7) is 3.62. The number of benzene rings is 2. The fraction of sp³-hybridized carbons (Fsp3) is 0.375. The molecule has 178 valence electrons. The summed E-state index contributed by atoms with van der Waals surface area (Å²) in [4.78, 5) is 37.5. The van der Waals surface area contributed by atoms with E-state index in [0.29, 0.717) is 16.3 Å². The zero-order chi connectivity index (χ0) is 24.4. The maximum atomic E-state index is 12.9. The van der Waals surface area contributed by atoms with Crippen LogP contribution in [0.15, 0.2) is 48.5 Å². The van der Waals surface area contributed by atoms with Crippen LogP contribution in [0.3, 0.4) is 0 Å². The van der Waals surface area contributed by atoms with Gasteiger partial charge < -0.3 is 24.8 Å². The molecule has 8 nitrogen and oxygen atoms in total. The van der Waals surface area contributed by atoms with Crippen LogP contribution < -0.4 is 15.4 Å². The van der Waals surface area contributed by atoms with Crippen molar-refractivity contribution in [3.63, 3.8) is 0 Å². The molecule has 0 fully saturated rings. The van der Waals surface area contributed by atoms with Crippen LogP contribution in [-0.4, -0.2) is 44.3 Å². The average molecular weight is 477 g/mol. The second-order valence-corrected chi connectivity index (χ2v) is 8.09. The lowest BCUT2D eigenvalue weighted by molar-refractivity contribution is -0.145. The Kier molecular flexibility index (Phi) is 10.00. The summed E-state index contributed by atoms with van der Waals surface area (Å²) in [5.74, 6) is -0.915. The van der Waals surface area contributed by atoms with E-state index in [1.54, 1.807) is 32.0 Å². The number of esters is 1. The van der Waals surface area contributed by atoms with Crippen LogP contribution in [0.4, 0.5) is 4.79 Å². The maximum Gasteiger partial charge on any atom is 0.408 e. The van der Waals surface area contributed by atoms with Crippen LogP contribution in [-0.2, 0) is 32.1 Å². The molecule has 0 bridgehead atoms. The third-order valence-electron chi connectivity index (χ3n) is 4.89. The van der Waals surface area contributed by atoms with Crippen molar-refractivity contribution in [1.29, 1.82) is 0 Å². The number of hydrogen-bond acceptors (Lipinski definition) is 6. The van der Waals surface area contributed by atoms with Crippen molar-refractivity contribution in [2.24, 2.45) is 5.92 Å². The summed E-state index contributed by atoms with van der Waals surface area (Å²) in [7, 11) is 2.74. The second-order valence-electron chi connectivity index (χ2n) is 7.69. The van der Waals surface area contributed by atoms with Gasteiger partial charge in [-0.1, -0.05) is 61.8 Å². The molecule has 2 atom stereocenters. The number of methoxy groups -OCH3 is 2. The Morgan fingerprint density at radius 2 is 1.67 bits per heavy atom. The van der Waals surface area contributed by atoms with Gasteiger partial charge in [-0.05, 0) is 29.2 Å². The highest BCUT2D eigenvalue weighted by molar-refractivity contribution is 6.32. The molecule has 2 aromatic rings. The molecule has 0 aliphatic rings. The minimum Gasteiger partial charge on any atom is -0.495 e. The minimum absolute atomic E-state index is 0.0715.